The van der Waals surface area contributed by atoms with E-state index in [1.165, 1.54) is 6.92 Å². The van der Waals surface area contributed by atoms with Crippen molar-refractivity contribution >= 4 is 11.8 Å². The number of benzene rings is 1. The number of ketones is 1. The minimum absolute atomic E-state index is 0.214. The highest BCUT2D eigenvalue weighted by Crippen LogP contribution is 2.27. The fraction of sp³-hybridized carbons (Fsp3) is 0.429. The Morgan fingerprint density at radius 3 is 2.12 bits per heavy atom. The summed E-state index contributed by atoms with van der Waals surface area (Å²) < 4.78 is 5.17. The van der Waals surface area contributed by atoms with Crippen LogP contribution in [0.4, 0.5) is 0 Å². The van der Waals surface area contributed by atoms with Crippen molar-refractivity contribution in [2.24, 2.45) is 0 Å². The summed E-state index contributed by atoms with van der Waals surface area (Å²) in [4.78, 5) is 23.9. The minimum atomic E-state index is -1.22. The van der Waals surface area contributed by atoms with E-state index in [0.29, 0.717) is 5.56 Å². The van der Waals surface area contributed by atoms with Crippen molar-refractivity contribution in [3.05, 3.63) is 35.9 Å². The van der Waals surface area contributed by atoms with Gasteiger partial charge in [-0.3, -0.25) is 9.59 Å². The zero-order chi connectivity index (χ0) is 13.1. The molecule has 0 spiro atoms. The highest BCUT2D eigenvalue weighted by atomic mass is 16.5. The fourth-order valence-electron chi connectivity index (χ4n) is 1.57. The van der Waals surface area contributed by atoms with Crippen LogP contribution in [-0.2, 0) is 19.7 Å². The van der Waals surface area contributed by atoms with Gasteiger partial charge in [0.2, 0.25) is 0 Å². The van der Waals surface area contributed by atoms with Crippen LogP contribution in [0.1, 0.15) is 33.3 Å². The summed E-state index contributed by atoms with van der Waals surface area (Å²) in [5.74, 6) is -0.708. The lowest BCUT2D eigenvalue weighted by molar-refractivity contribution is -0.156. The molecule has 0 saturated carbocycles. The maximum absolute atomic E-state index is 12.1. The van der Waals surface area contributed by atoms with Crippen molar-refractivity contribution in [3.63, 3.8) is 0 Å². The molecule has 0 bridgehead atoms. The first-order chi connectivity index (χ1) is 7.89. The Bertz CT molecular complexity index is 409. The normalized spacial score (nSPS) is 14.2. The van der Waals surface area contributed by atoms with E-state index in [1.54, 1.807) is 45.0 Å². The van der Waals surface area contributed by atoms with Crippen molar-refractivity contribution in [1.82, 2.24) is 0 Å². The molecule has 0 radical (unpaired) electrons. The van der Waals surface area contributed by atoms with E-state index in [4.69, 9.17) is 4.74 Å². The molecule has 0 aromatic heterocycles. The fourth-order valence-corrected chi connectivity index (χ4v) is 1.57. The van der Waals surface area contributed by atoms with Crippen LogP contribution in [0.3, 0.4) is 0 Å². The second-order valence-electron chi connectivity index (χ2n) is 4.50. The van der Waals surface area contributed by atoms with Gasteiger partial charge in [0.25, 0.3) is 0 Å². The van der Waals surface area contributed by atoms with Gasteiger partial charge in [-0.15, -0.1) is 0 Å². The molecular weight excluding hydrogens is 216 g/mol. The highest BCUT2D eigenvalue weighted by molar-refractivity contribution is 6.08. The van der Waals surface area contributed by atoms with Gasteiger partial charge >= 0.3 is 5.97 Å². The lowest BCUT2D eigenvalue weighted by Gasteiger charge is -2.26. The molecule has 1 aromatic rings. The highest BCUT2D eigenvalue weighted by Gasteiger charge is 2.41. The first kappa shape index (κ1) is 13.4. The van der Waals surface area contributed by atoms with Gasteiger partial charge in [0.05, 0.1) is 6.10 Å². The quantitative estimate of drug-likeness (QED) is 0.593. The van der Waals surface area contributed by atoms with Gasteiger partial charge in [0.1, 0.15) is 5.41 Å². The Kier molecular flexibility index (Phi) is 4.05. The van der Waals surface area contributed by atoms with Crippen LogP contribution in [0, 0.1) is 0 Å². The summed E-state index contributed by atoms with van der Waals surface area (Å²) in [7, 11) is 0. The molecule has 0 heterocycles. The first-order valence-electron chi connectivity index (χ1n) is 5.66. The number of carbonyl (C=O) groups is 2. The van der Waals surface area contributed by atoms with Crippen LogP contribution >= 0.6 is 0 Å². The third-order valence-corrected chi connectivity index (χ3v) is 2.81. The van der Waals surface area contributed by atoms with Crippen molar-refractivity contribution in [1.29, 1.82) is 0 Å². The van der Waals surface area contributed by atoms with Crippen LogP contribution < -0.4 is 0 Å². The smallest absolute Gasteiger partial charge is 0.324 e. The third kappa shape index (κ3) is 2.73. The minimum Gasteiger partial charge on any atom is -0.462 e. The van der Waals surface area contributed by atoms with E-state index in [9.17, 15) is 9.59 Å². The first-order valence-corrected chi connectivity index (χ1v) is 5.66. The van der Waals surface area contributed by atoms with E-state index in [1.807, 2.05) is 6.07 Å². The monoisotopic (exact) mass is 234 g/mol. The third-order valence-electron chi connectivity index (χ3n) is 2.81. The number of ether oxygens (including phenoxy) is 1. The zero-order valence-electron chi connectivity index (χ0n) is 10.7. The summed E-state index contributed by atoms with van der Waals surface area (Å²) in [6.07, 6.45) is -0.232. The Balaban J connectivity index is 3.15. The van der Waals surface area contributed by atoms with Gasteiger partial charge < -0.3 is 4.74 Å². The predicted molar refractivity (Wildman–Crippen MR) is 65.7 cm³/mol. The number of hydrogen-bond acceptors (Lipinski definition) is 3. The van der Waals surface area contributed by atoms with Gasteiger partial charge in [-0.1, -0.05) is 30.3 Å². The summed E-state index contributed by atoms with van der Waals surface area (Å²) in [5, 5.41) is 0. The maximum Gasteiger partial charge on any atom is 0.324 e. The largest absolute Gasteiger partial charge is 0.462 e. The summed E-state index contributed by atoms with van der Waals surface area (Å²) >= 11 is 0. The molecule has 0 fully saturated rings. The Labute approximate surface area is 102 Å². The molecule has 92 valence electrons. The van der Waals surface area contributed by atoms with E-state index >= 15 is 0 Å². The molecule has 1 aromatic carbocycles. The second kappa shape index (κ2) is 5.13. The van der Waals surface area contributed by atoms with Crippen LogP contribution in [0.15, 0.2) is 30.3 Å². The number of carbonyl (C=O) groups excluding carboxylic acids is 2. The lowest BCUT2D eigenvalue weighted by atomic mass is 9.79. The summed E-state index contributed by atoms with van der Waals surface area (Å²) in [6.45, 7) is 6.55. The van der Waals surface area contributed by atoms with E-state index in [2.05, 4.69) is 0 Å². The van der Waals surface area contributed by atoms with E-state index < -0.39 is 11.4 Å². The molecule has 0 N–H and O–H groups in total. The molecule has 0 aliphatic rings. The Morgan fingerprint density at radius 2 is 1.71 bits per heavy atom. The van der Waals surface area contributed by atoms with Gasteiger partial charge in [-0.25, -0.2) is 0 Å². The summed E-state index contributed by atoms with van der Waals surface area (Å²) in [6, 6.07) is 8.99. The maximum atomic E-state index is 12.1. The molecule has 0 aliphatic carbocycles. The lowest BCUT2D eigenvalue weighted by Crippen LogP contribution is -2.41. The van der Waals surface area contributed by atoms with Gasteiger partial charge in [0.15, 0.2) is 5.78 Å². The van der Waals surface area contributed by atoms with Gasteiger partial charge in [0, 0.05) is 0 Å². The number of rotatable bonds is 4. The van der Waals surface area contributed by atoms with E-state index in [-0.39, 0.29) is 11.9 Å². The second-order valence-corrected chi connectivity index (χ2v) is 4.50. The standard InChI is InChI=1S/C14H18O3/c1-10(2)17-13(16)14(4,11(3)15)12-8-6-5-7-9-12/h5-10H,1-4H3/t14-/m0/s1. The molecular formula is C14H18O3. The molecule has 3 nitrogen and oxygen atoms in total. The summed E-state index contributed by atoms with van der Waals surface area (Å²) in [5.41, 5.74) is -0.552. The van der Waals surface area contributed by atoms with Crippen molar-refractivity contribution in [2.75, 3.05) is 0 Å². The number of Topliss-reactive ketones (excluding diaryl/α,β-unsaturated/α-hetero) is 1. The number of esters is 1. The predicted octanol–water partition coefficient (Wildman–Crippen LogP) is 2.48. The molecule has 1 atom stereocenters. The average molecular weight is 234 g/mol. The molecule has 0 unspecified atom stereocenters. The van der Waals surface area contributed by atoms with Crippen LogP contribution in [0.2, 0.25) is 0 Å². The Hall–Kier alpha value is -1.64. The number of hydrogen-bond donors (Lipinski definition) is 0. The van der Waals surface area contributed by atoms with Crippen LogP contribution in [0.5, 0.6) is 0 Å². The zero-order valence-corrected chi connectivity index (χ0v) is 10.7. The van der Waals surface area contributed by atoms with Crippen molar-refractivity contribution in [3.8, 4) is 0 Å². The molecule has 3 heteroatoms. The van der Waals surface area contributed by atoms with Crippen LogP contribution in [-0.4, -0.2) is 17.9 Å². The van der Waals surface area contributed by atoms with Crippen LogP contribution in [0.25, 0.3) is 0 Å². The van der Waals surface area contributed by atoms with E-state index in [0.717, 1.165) is 0 Å². The molecule has 0 saturated heterocycles. The Morgan fingerprint density at radius 1 is 1.18 bits per heavy atom. The molecule has 0 amide bonds. The van der Waals surface area contributed by atoms with Crippen molar-refractivity contribution < 1.29 is 14.3 Å². The topological polar surface area (TPSA) is 43.4 Å². The van der Waals surface area contributed by atoms with Crippen molar-refractivity contribution in [2.45, 2.75) is 39.2 Å². The molecule has 17 heavy (non-hydrogen) atoms. The van der Waals surface area contributed by atoms with Gasteiger partial charge in [-0.05, 0) is 33.3 Å². The molecule has 1 rings (SSSR count). The average Bonchev–Trinajstić information content (AvgIpc) is 2.27. The SMILES string of the molecule is CC(=O)[C@](C)(C(=O)OC(C)C)c1ccccc1. The van der Waals surface area contributed by atoms with Gasteiger partial charge in [-0.2, -0.15) is 0 Å². The molecule has 0 aliphatic heterocycles.